The van der Waals surface area contributed by atoms with E-state index in [1.54, 1.807) is 39.5 Å². The predicted molar refractivity (Wildman–Crippen MR) is 185 cm³/mol. The number of amides is 2. The van der Waals surface area contributed by atoms with Gasteiger partial charge in [0.25, 0.3) is 5.91 Å². The van der Waals surface area contributed by atoms with Crippen LogP contribution in [0.25, 0.3) is 11.1 Å². The van der Waals surface area contributed by atoms with E-state index in [2.05, 4.69) is 47.1 Å². The zero-order valence-corrected chi connectivity index (χ0v) is 30.2. The molecule has 3 aromatic heterocycles. The molecular formula is C33H50FN7O3SSi. The highest BCUT2D eigenvalue weighted by Gasteiger charge is 2.37. The van der Waals surface area contributed by atoms with Gasteiger partial charge in [0.2, 0.25) is 11.9 Å². The van der Waals surface area contributed by atoms with Gasteiger partial charge in [0.05, 0.1) is 24.4 Å². The van der Waals surface area contributed by atoms with Gasteiger partial charge in [-0.05, 0) is 62.5 Å². The molecule has 0 aliphatic heterocycles. The predicted octanol–water partition coefficient (Wildman–Crippen LogP) is 6.47. The fourth-order valence-electron chi connectivity index (χ4n) is 6.34. The number of hydrogen-bond acceptors (Lipinski definition) is 7. The monoisotopic (exact) mass is 671 g/mol. The molecule has 46 heavy (non-hydrogen) atoms. The number of aryl methyl sites for hydroxylation is 2. The molecule has 10 nitrogen and oxygen atoms in total. The van der Waals surface area contributed by atoms with Gasteiger partial charge in [-0.15, -0.1) is 0 Å². The van der Waals surface area contributed by atoms with Gasteiger partial charge in [0.1, 0.15) is 18.2 Å². The summed E-state index contributed by atoms with van der Waals surface area (Å²) in [4.78, 5) is 30.8. The summed E-state index contributed by atoms with van der Waals surface area (Å²) in [5, 5.41) is 12.0. The summed E-state index contributed by atoms with van der Waals surface area (Å²) in [6, 6.07) is 4.32. The van der Waals surface area contributed by atoms with E-state index >= 15 is 4.39 Å². The van der Waals surface area contributed by atoms with Gasteiger partial charge in [0.15, 0.2) is 0 Å². The van der Waals surface area contributed by atoms with Crippen LogP contribution in [-0.4, -0.2) is 63.0 Å². The minimum Gasteiger partial charge on any atom is -0.364 e. The van der Waals surface area contributed by atoms with E-state index in [1.165, 1.54) is 0 Å². The SMILES string of the molecule is CCc1c(-c2ccc(NC(=O)[C@H](c3cnn(CCSC)c3C(N)=O)C3CCC(C)CC3)nc2F)c(C)nn1COCC[Si](C)(C)C. The molecule has 2 amide bonds. The Morgan fingerprint density at radius 2 is 1.91 bits per heavy atom. The van der Waals surface area contributed by atoms with E-state index in [-0.39, 0.29) is 23.3 Å². The molecule has 3 N–H and O–H groups in total. The number of nitrogens with zero attached hydrogens (tertiary/aromatic N) is 5. The molecule has 3 aromatic rings. The molecule has 1 saturated carbocycles. The van der Waals surface area contributed by atoms with Gasteiger partial charge in [0, 0.05) is 42.8 Å². The van der Waals surface area contributed by atoms with Crippen molar-refractivity contribution in [3.63, 3.8) is 0 Å². The number of ether oxygens (including phenoxy) is 1. The second kappa shape index (κ2) is 15.7. The molecule has 0 saturated heterocycles. The number of rotatable bonds is 15. The normalized spacial score (nSPS) is 17.7. The molecule has 1 aliphatic rings. The Labute approximate surface area is 277 Å². The number of carbonyl (C=O) groups is 2. The maximum absolute atomic E-state index is 15.7. The van der Waals surface area contributed by atoms with E-state index in [4.69, 9.17) is 10.5 Å². The second-order valence-corrected chi connectivity index (χ2v) is 20.3. The summed E-state index contributed by atoms with van der Waals surface area (Å²) in [7, 11) is -1.22. The molecule has 0 bridgehead atoms. The molecule has 0 radical (unpaired) electrons. The number of halogens is 1. The zero-order valence-electron chi connectivity index (χ0n) is 28.4. The molecule has 0 spiro atoms. The minimum atomic E-state index is -1.22. The van der Waals surface area contributed by atoms with Gasteiger partial charge in [-0.25, -0.2) is 9.67 Å². The lowest BCUT2D eigenvalue weighted by molar-refractivity contribution is -0.119. The van der Waals surface area contributed by atoms with Crippen molar-refractivity contribution < 1.29 is 18.7 Å². The summed E-state index contributed by atoms with van der Waals surface area (Å²) in [6.45, 7) is 14.5. The lowest BCUT2D eigenvalue weighted by Gasteiger charge is -2.32. The Balaban J connectivity index is 1.60. The van der Waals surface area contributed by atoms with Crippen molar-refractivity contribution in [2.45, 2.75) is 97.8 Å². The van der Waals surface area contributed by atoms with Gasteiger partial charge < -0.3 is 15.8 Å². The quantitative estimate of drug-likeness (QED) is 0.108. The topological polar surface area (TPSA) is 130 Å². The molecule has 13 heteroatoms. The molecule has 1 atom stereocenters. The van der Waals surface area contributed by atoms with Crippen LogP contribution in [0.4, 0.5) is 10.2 Å². The first-order valence-electron chi connectivity index (χ1n) is 16.3. The third-order valence-electron chi connectivity index (χ3n) is 8.90. The Kier molecular flexibility index (Phi) is 12.2. The number of carbonyl (C=O) groups excluding carboxylic acids is 2. The Morgan fingerprint density at radius 1 is 1.20 bits per heavy atom. The number of nitrogens with two attached hydrogens (primary N) is 1. The van der Waals surface area contributed by atoms with Crippen LogP contribution >= 0.6 is 11.8 Å². The molecule has 3 heterocycles. The number of hydrogen-bond donors (Lipinski definition) is 2. The number of nitrogens with one attached hydrogen (secondary N) is 1. The molecule has 252 valence electrons. The molecule has 0 unspecified atom stereocenters. The number of anilines is 1. The van der Waals surface area contributed by atoms with Crippen LogP contribution in [0.2, 0.25) is 25.7 Å². The zero-order chi connectivity index (χ0) is 33.6. The molecule has 1 aliphatic carbocycles. The van der Waals surface area contributed by atoms with Crippen LogP contribution in [-0.2, 0) is 29.2 Å². The highest BCUT2D eigenvalue weighted by Crippen LogP contribution is 2.40. The third-order valence-corrected chi connectivity index (χ3v) is 11.2. The molecular weight excluding hydrogens is 622 g/mol. The number of aromatic nitrogens is 5. The Morgan fingerprint density at radius 3 is 2.52 bits per heavy atom. The maximum Gasteiger partial charge on any atom is 0.267 e. The van der Waals surface area contributed by atoms with E-state index < -0.39 is 25.8 Å². The summed E-state index contributed by atoms with van der Waals surface area (Å²) in [5.74, 6) is -0.915. The first-order valence-corrected chi connectivity index (χ1v) is 21.4. The minimum absolute atomic E-state index is 0.00909. The van der Waals surface area contributed by atoms with Crippen molar-refractivity contribution in [3.8, 4) is 11.1 Å². The van der Waals surface area contributed by atoms with Crippen molar-refractivity contribution in [2.24, 2.45) is 17.6 Å². The van der Waals surface area contributed by atoms with Crippen LogP contribution < -0.4 is 11.1 Å². The first kappa shape index (κ1) is 35.8. The van der Waals surface area contributed by atoms with Crippen molar-refractivity contribution in [1.82, 2.24) is 24.5 Å². The lowest BCUT2D eigenvalue weighted by atomic mass is 9.73. The molecule has 1 fully saturated rings. The molecule has 0 aromatic carbocycles. The standard InChI is InChI=1S/C33H50FN7O3SSi/c1-8-26-28(22(3)39-41(26)20-44-16-18-46(5,6)7)24-13-14-27(37-31(24)34)38-33(43)29(23-11-9-21(2)10-12-23)25-19-36-40(15-17-45-4)30(25)32(35)42/h13-14,19,21,23,29H,8-12,15-18,20H2,1-7H3,(H2,35,42)(H,37,38,43)/t21?,23?,29-/m0/s1. The van der Waals surface area contributed by atoms with Crippen LogP contribution in [0.15, 0.2) is 18.3 Å². The van der Waals surface area contributed by atoms with E-state index in [1.807, 2.05) is 20.1 Å². The van der Waals surface area contributed by atoms with Gasteiger partial charge >= 0.3 is 0 Å². The van der Waals surface area contributed by atoms with Crippen LogP contribution in [0.3, 0.4) is 0 Å². The van der Waals surface area contributed by atoms with Crippen molar-refractivity contribution in [3.05, 3.63) is 46.9 Å². The van der Waals surface area contributed by atoms with Gasteiger partial charge in [-0.2, -0.15) is 26.3 Å². The highest BCUT2D eigenvalue weighted by atomic mass is 32.2. The molecule has 4 rings (SSSR count). The van der Waals surface area contributed by atoms with Gasteiger partial charge in [-0.1, -0.05) is 46.3 Å². The Bertz CT molecular complexity index is 1510. The van der Waals surface area contributed by atoms with E-state index in [9.17, 15) is 9.59 Å². The van der Waals surface area contributed by atoms with Crippen molar-refractivity contribution in [2.75, 3.05) is 23.9 Å². The summed E-state index contributed by atoms with van der Waals surface area (Å²) < 4.78 is 25.1. The van der Waals surface area contributed by atoms with Gasteiger partial charge in [-0.3, -0.25) is 14.3 Å². The fourth-order valence-corrected chi connectivity index (χ4v) is 7.45. The lowest BCUT2D eigenvalue weighted by Crippen LogP contribution is -2.32. The maximum atomic E-state index is 15.7. The first-order chi connectivity index (χ1) is 21.8. The second-order valence-electron chi connectivity index (χ2n) is 13.7. The number of pyridine rings is 1. The number of primary amides is 1. The smallest absolute Gasteiger partial charge is 0.267 e. The fraction of sp³-hybridized carbons (Fsp3) is 0.606. The highest BCUT2D eigenvalue weighted by molar-refractivity contribution is 7.98. The average Bonchev–Trinajstić information content (AvgIpc) is 3.55. The van der Waals surface area contributed by atoms with E-state index in [0.29, 0.717) is 54.6 Å². The van der Waals surface area contributed by atoms with Crippen LogP contribution in [0.1, 0.15) is 72.9 Å². The van der Waals surface area contributed by atoms with Crippen molar-refractivity contribution >= 4 is 37.5 Å². The third kappa shape index (κ3) is 8.65. The summed E-state index contributed by atoms with van der Waals surface area (Å²) in [6.07, 6.45) is 7.85. The number of thioether (sulfide) groups is 1. The largest absolute Gasteiger partial charge is 0.364 e. The van der Waals surface area contributed by atoms with Crippen LogP contribution in [0.5, 0.6) is 0 Å². The summed E-state index contributed by atoms with van der Waals surface area (Å²) in [5.41, 5.74) is 9.19. The Hall–Kier alpha value is -3.03. The summed E-state index contributed by atoms with van der Waals surface area (Å²) >= 11 is 1.63. The van der Waals surface area contributed by atoms with Crippen molar-refractivity contribution in [1.29, 1.82) is 0 Å². The average molecular weight is 672 g/mol. The van der Waals surface area contributed by atoms with E-state index in [0.717, 1.165) is 43.2 Å². The van der Waals surface area contributed by atoms with Crippen LogP contribution in [0, 0.1) is 24.7 Å².